The van der Waals surface area contributed by atoms with E-state index in [1.807, 2.05) is 33.8 Å². The van der Waals surface area contributed by atoms with Gasteiger partial charge in [0.25, 0.3) is 0 Å². The molecule has 0 aliphatic carbocycles. The van der Waals surface area contributed by atoms with E-state index in [0.29, 0.717) is 58.0 Å². The molecule has 3 aromatic heterocycles. The summed E-state index contributed by atoms with van der Waals surface area (Å²) < 4.78 is 34.6. The van der Waals surface area contributed by atoms with Gasteiger partial charge in [-0.15, -0.1) is 0 Å². The van der Waals surface area contributed by atoms with Crippen LogP contribution in [0.1, 0.15) is 75.0 Å². The summed E-state index contributed by atoms with van der Waals surface area (Å²) in [6, 6.07) is 5.18. The number of pyridine rings is 3. The van der Waals surface area contributed by atoms with Crippen molar-refractivity contribution in [2.45, 2.75) is 71.1 Å². The molecule has 1 aliphatic rings. The number of hydrogen-bond donors (Lipinski definition) is 1. The van der Waals surface area contributed by atoms with Crippen LogP contribution in [-0.4, -0.2) is 53.6 Å². The van der Waals surface area contributed by atoms with E-state index in [0.717, 1.165) is 0 Å². The molecule has 212 valence electrons. The average molecular weight is 568 g/mol. The topological polar surface area (TPSA) is 169 Å². The Morgan fingerprint density at radius 3 is 2.65 bits per heavy atom. The summed E-state index contributed by atoms with van der Waals surface area (Å²) in [5.74, 6) is 0.804. The zero-order valence-electron chi connectivity index (χ0n) is 23.4. The molecule has 40 heavy (non-hydrogen) atoms. The molecule has 0 saturated carbocycles. The number of nitrogens with one attached hydrogen (secondary N) is 1. The maximum Gasteiger partial charge on any atom is 0.340 e. The van der Waals surface area contributed by atoms with Gasteiger partial charge >= 0.3 is 5.97 Å². The Morgan fingerprint density at radius 2 is 1.98 bits per heavy atom. The minimum absolute atomic E-state index is 0.00974. The van der Waals surface area contributed by atoms with Gasteiger partial charge in [0, 0.05) is 29.5 Å². The Morgan fingerprint density at radius 1 is 1.23 bits per heavy atom. The molecule has 0 bridgehead atoms. The standard InChI is InChI=1S/C27H33N7O5S/c1-7-27(5,33-34-28)21-14-30-25(38-15(2)10-11-40(6,36)37)20-13-29-23(12-19(20)21)31-22-9-8-18-24(32-22)16(3)17(4)39-26(18)35/h8-9,12-17H,7,10-11H2,1-6H3,(H,29,31,32)/t15-,16+,17+,27-/m1/s1. The maximum absolute atomic E-state index is 12.3. The quantitative estimate of drug-likeness (QED) is 0.142. The van der Waals surface area contributed by atoms with Crippen LogP contribution in [0.4, 0.5) is 11.6 Å². The molecule has 4 heterocycles. The second-order valence-electron chi connectivity index (χ2n) is 10.4. The van der Waals surface area contributed by atoms with Gasteiger partial charge < -0.3 is 14.8 Å². The first kappa shape index (κ1) is 29.0. The van der Waals surface area contributed by atoms with Crippen molar-refractivity contribution < 1.29 is 22.7 Å². The van der Waals surface area contributed by atoms with Crippen LogP contribution < -0.4 is 10.1 Å². The molecule has 3 aromatic rings. The summed E-state index contributed by atoms with van der Waals surface area (Å²) in [7, 11) is -3.14. The smallest absolute Gasteiger partial charge is 0.340 e. The van der Waals surface area contributed by atoms with Crippen LogP contribution >= 0.6 is 0 Å². The van der Waals surface area contributed by atoms with Gasteiger partial charge in [0.15, 0.2) is 0 Å². The van der Waals surface area contributed by atoms with Crippen molar-refractivity contribution in [2.24, 2.45) is 5.11 Å². The molecule has 0 radical (unpaired) electrons. The van der Waals surface area contributed by atoms with Crippen molar-refractivity contribution in [3.63, 3.8) is 0 Å². The number of rotatable bonds is 10. The Labute approximate surface area is 233 Å². The van der Waals surface area contributed by atoms with Gasteiger partial charge in [0.2, 0.25) is 5.88 Å². The van der Waals surface area contributed by atoms with E-state index in [1.165, 1.54) is 6.26 Å². The van der Waals surface area contributed by atoms with Gasteiger partial charge in [-0.2, -0.15) is 0 Å². The van der Waals surface area contributed by atoms with Crippen molar-refractivity contribution in [3.8, 4) is 5.88 Å². The van der Waals surface area contributed by atoms with Gasteiger partial charge in [-0.05, 0) is 68.3 Å². The summed E-state index contributed by atoms with van der Waals surface area (Å²) in [4.78, 5) is 29.1. The summed E-state index contributed by atoms with van der Waals surface area (Å²) in [5, 5.41) is 8.57. The van der Waals surface area contributed by atoms with Crippen LogP contribution in [0.2, 0.25) is 0 Å². The Balaban J connectivity index is 1.75. The number of esters is 1. The van der Waals surface area contributed by atoms with Crippen molar-refractivity contribution in [1.82, 2.24) is 15.0 Å². The zero-order chi connectivity index (χ0) is 29.2. The first-order valence-corrected chi connectivity index (χ1v) is 15.1. The van der Waals surface area contributed by atoms with Crippen molar-refractivity contribution in [2.75, 3.05) is 17.3 Å². The van der Waals surface area contributed by atoms with Gasteiger partial charge in [0.1, 0.15) is 27.6 Å². The van der Waals surface area contributed by atoms with E-state index in [9.17, 15) is 18.7 Å². The van der Waals surface area contributed by atoms with Crippen LogP contribution in [0.15, 0.2) is 35.7 Å². The van der Waals surface area contributed by atoms with E-state index in [-0.39, 0.29) is 17.8 Å². The number of fused-ring (bicyclic) bond motifs is 2. The molecule has 0 saturated heterocycles. The monoisotopic (exact) mass is 567 g/mol. The normalized spacial score (nSPS) is 19.1. The number of nitrogens with zero attached hydrogens (tertiary/aromatic N) is 6. The summed E-state index contributed by atoms with van der Waals surface area (Å²) in [6.45, 7) is 9.33. The Hall–Kier alpha value is -3.96. The lowest BCUT2D eigenvalue weighted by atomic mass is 9.88. The van der Waals surface area contributed by atoms with Crippen LogP contribution in [0.25, 0.3) is 21.2 Å². The lowest BCUT2D eigenvalue weighted by Gasteiger charge is -2.27. The molecule has 0 unspecified atom stereocenters. The molecular formula is C27H33N7O5S. The van der Waals surface area contributed by atoms with Crippen LogP contribution in [0, 0.1) is 0 Å². The van der Waals surface area contributed by atoms with Crippen molar-refractivity contribution in [3.05, 3.63) is 57.9 Å². The number of azide groups is 1. The molecule has 12 nitrogen and oxygen atoms in total. The molecule has 4 rings (SSSR count). The minimum atomic E-state index is -3.14. The predicted molar refractivity (Wildman–Crippen MR) is 152 cm³/mol. The third kappa shape index (κ3) is 6.10. The summed E-state index contributed by atoms with van der Waals surface area (Å²) >= 11 is 0. The number of hydrogen-bond acceptors (Lipinski definition) is 10. The van der Waals surface area contributed by atoms with E-state index in [1.54, 1.807) is 31.5 Å². The Kier molecular flexibility index (Phi) is 8.18. The van der Waals surface area contributed by atoms with E-state index in [2.05, 4.69) is 30.3 Å². The van der Waals surface area contributed by atoms with Crippen molar-refractivity contribution >= 4 is 38.2 Å². The van der Waals surface area contributed by atoms with Gasteiger partial charge in [-0.3, -0.25) is 0 Å². The number of carbonyl (C=O) groups excluding carboxylic acids is 1. The molecular weight excluding hydrogens is 534 g/mol. The van der Waals surface area contributed by atoms with Gasteiger partial charge in [0.05, 0.1) is 34.0 Å². The largest absolute Gasteiger partial charge is 0.474 e. The summed E-state index contributed by atoms with van der Waals surface area (Å²) in [6.07, 6.45) is 4.53. The van der Waals surface area contributed by atoms with Crippen LogP contribution in [0.3, 0.4) is 0 Å². The molecule has 0 spiro atoms. The summed E-state index contributed by atoms with van der Waals surface area (Å²) in [5.41, 5.74) is 10.2. The number of ether oxygens (including phenoxy) is 2. The number of aromatic nitrogens is 3. The number of anilines is 2. The maximum atomic E-state index is 12.3. The lowest BCUT2D eigenvalue weighted by molar-refractivity contribution is 0.0235. The third-order valence-electron chi connectivity index (χ3n) is 7.31. The molecule has 0 amide bonds. The number of cyclic esters (lactones) is 1. The SMILES string of the molecule is CC[C@@](C)(N=[N+]=[N-])c1cnc(O[C@H](C)CCS(C)(=O)=O)c2cnc(Nc3ccc4c(n3)[C@@H](C)[C@H](C)OC4=O)cc12. The number of sulfone groups is 1. The van der Waals surface area contributed by atoms with Crippen LogP contribution in [-0.2, 0) is 20.1 Å². The lowest BCUT2D eigenvalue weighted by Crippen LogP contribution is -2.29. The van der Waals surface area contributed by atoms with Gasteiger partial charge in [-0.1, -0.05) is 19.0 Å². The molecule has 13 heteroatoms. The minimum Gasteiger partial charge on any atom is -0.474 e. The Bertz CT molecular complexity index is 1610. The highest BCUT2D eigenvalue weighted by atomic mass is 32.2. The molecule has 4 atom stereocenters. The highest BCUT2D eigenvalue weighted by Gasteiger charge is 2.32. The third-order valence-corrected chi connectivity index (χ3v) is 8.28. The first-order valence-electron chi connectivity index (χ1n) is 13.0. The van der Waals surface area contributed by atoms with E-state index in [4.69, 9.17) is 9.47 Å². The van der Waals surface area contributed by atoms with E-state index >= 15 is 0 Å². The molecule has 0 fully saturated rings. The molecule has 1 aliphatic heterocycles. The fourth-order valence-electron chi connectivity index (χ4n) is 4.50. The zero-order valence-corrected chi connectivity index (χ0v) is 24.2. The van der Waals surface area contributed by atoms with E-state index < -0.39 is 27.4 Å². The second-order valence-corrected chi connectivity index (χ2v) is 12.7. The fraction of sp³-hybridized carbons (Fsp3) is 0.481. The second kappa shape index (κ2) is 11.3. The first-order chi connectivity index (χ1) is 18.8. The highest BCUT2D eigenvalue weighted by molar-refractivity contribution is 7.90. The number of carbonyl (C=O) groups is 1. The van der Waals surface area contributed by atoms with Crippen molar-refractivity contribution in [1.29, 1.82) is 0 Å². The molecule has 1 N–H and O–H groups in total. The predicted octanol–water partition coefficient (Wildman–Crippen LogP) is 5.57. The fourth-order valence-corrected chi connectivity index (χ4v) is 5.26. The van der Waals surface area contributed by atoms with Gasteiger partial charge in [-0.25, -0.2) is 28.2 Å². The highest BCUT2D eigenvalue weighted by Crippen LogP contribution is 2.38. The average Bonchev–Trinajstić information content (AvgIpc) is 2.90. The van der Waals surface area contributed by atoms with Crippen LogP contribution in [0.5, 0.6) is 5.88 Å². The molecule has 0 aromatic carbocycles.